The van der Waals surface area contributed by atoms with Crippen molar-refractivity contribution in [1.82, 2.24) is 4.57 Å². The van der Waals surface area contributed by atoms with Gasteiger partial charge in [-0.25, -0.2) is 0 Å². The van der Waals surface area contributed by atoms with Crippen molar-refractivity contribution >= 4 is 0 Å². The first-order chi connectivity index (χ1) is 12.0. The molecule has 0 fully saturated rings. The molecule has 0 atom stereocenters. The zero-order valence-electron chi connectivity index (χ0n) is 15.8. The van der Waals surface area contributed by atoms with E-state index in [1.807, 2.05) is 0 Å². The molecule has 128 valence electrons. The van der Waals surface area contributed by atoms with Gasteiger partial charge < -0.3 is 4.57 Å². The lowest BCUT2D eigenvalue weighted by atomic mass is 9.86. The van der Waals surface area contributed by atoms with Crippen molar-refractivity contribution in [1.29, 1.82) is 0 Å². The Kier molecular flexibility index (Phi) is 3.83. The van der Waals surface area contributed by atoms with Gasteiger partial charge in [-0.15, -0.1) is 0 Å². The first kappa shape index (κ1) is 16.2. The van der Waals surface area contributed by atoms with Crippen molar-refractivity contribution in [2.45, 2.75) is 47.1 Å². The van der Waals surface area contributed by atoms with Gasteiger partial charge in [0.15, 0.2) is 0 Å². The van der Waals surface area contributed by atoms with Gasteiger partial charge in [0.25, 0.3) is 0 Å². The molecule has 1 nitrogen and oxygen atoms in total. The van der Waals surface area contributed by atoms with Crippen molar-refractivity contribution in [3.63, 3.8) is 0 Å². The minimum absolute atomic E-state index is 0.342. The molecular weight excluding hydrogens is 302 g/mol. The van der Waals surface area contributed by atoms with Crippen LogP contribution in [-0.4, -0.2) is 4.57 Å². The molecular formula is C24H27N. The largest absolute Gasteiger partial charge is 0.347 e. The molecule has 0 bridgehead atoms. The van der Waals surface area contributed by atoms with Crippen LogP contribution in [0.2, 0.25) is 0 Å². The van der Waals surface area contributed by atoms with Crippen molar-refractivity contribution in [2.24, 2.45) is 5.41 Å². The molecule has 3 aromatic rings. The van der Waals surface area contributed by atoms with E-state index in [-0.39, 0.29) is 0 Å². The minimum atomic E-state index is 0.342. The summed E-state index contributed by atoms with van der Waals surface area (Å²) in [4.78, 5) is 0. The zero-order valence-corrected chi connectivity index (χ0v) is 15.8. The fourth-order valence-corrected chi connectivity index (χ4v) is 4.35. The average Bonchev–Trinajstić information content (AvgIpc) is 3.06. The van der Waals surface area contributed by atoms with Crippen molar-refractivity contribution in [3.8, 4) is 22.3 Å². The average molecular weight is 329 g/mol. The van der Waals surface area contributed by atoms with Gasteiger partial charge in [0, 0.05) is 29.1 Å². The van der Waals surface area contributed by atoms with Crippen LogP contribution in [-0.2, 0) is 19.4 Å². The fourth-order valence-electron chi connectivity index (χ4n) is 4.35. The van der Waals surface area contributed by atoms with Crippen molar-refractivity contribution in [2.75, 3.05) is 0 Å². The summed E-state index contributed by atoms with van der Waals surface area (Å²) in [5, 5.41) is 0. The number of aromatic nitrogens is 1. The molecule has 1 aromatic heterocycles. The highest BCUT2D eigenvalue weighted by atomic mass is 15.0. The summed E-state index contributed by atoms with van der Waals surface area (Å²) in [7, 11) is 0. The van der Waals surface area contributed by atoms with Crippen molar-refractivity contribution in [3.05, 3.63) is 71.5 Å². The summed E-state index contributed by atoms with van der Waals surface area (Å²) < 4.78 is 2.61. The second kappa shape index (κ2) is 5.91. The molecule has 25 heavy (non-hydrogen) atoms. The van der Waals surface area contributed by atoms with Crippen LogP contribution < -0.4 is 0 Å². The first-order valence-corrected chi connectivity index (χ1v) is 9.37. The molecule has 4 rings (SSSR count). The Labute approximate surface area is 151 Å². The predicted octanol–water partition coefficient (Wildman–Crippen LogP) is 6.28. The van der Waals surface area contributed by atoms with Gasteiger partial charge in [-0.05, 0) is 36.3 Å². The topological polar surface area (TPSA) is 4.93 Å². The van der Waals surface area contributed by atoms with E-state index >= 15 is 0 Å². The smallest absolute Gasteiger partial charge is 0.0280 e. The van der Waals surface area contributed by atoms with E-state index in [0.29, 0.717) is 5.41 Å². The number of fused-ring (bicyclic) bond motifs is 1. The zero-order chi connectivity index (χ0) is 17.6. The van der Waals surface area contributed by atoms with Crippen LogP contribution in [0.5, 0.6) is 0 Å². The third kappa shape index (κ3) is 2.72. The Balaban J connectivity index is 2.02. The molecule has 0 unspecified atom stereocenters. The molecule has 2 heterocycles. The van der Waals surface area contributed by atoms with E-state index in [1.165, 1.54) is 39.2 Å². The van der Waals surface area contributed by atoms with Gasteiger partial charge >= 0.3 is 0 Å². The molecule has 0 saturated heterocycles. The van der Waals surface area contributed by atoms with E-state index in [2.05, 4.69) is 86.9 Å². The third-order valence-corrected chi connectivity index (χ3v) is 5.45. The lowest BCUT2D eigenvalue weighted by Crippen LogP contribution is -2.14. The van der Waals surface area contributed by atoms with Crippen LogP contribution in [0.1, 0.15) is 37.7 Å². The minimum Gasteiger partial charge on any atom is -0.347 e. The van der Waals surface area contributed by atoms with Gasteiger partial charge in [-0.3, -0.25) is 0 Å². The Bertz CT molecular complexity index is 896. The first-order valence-electron chi connectivity index (χ1n) is 9.37. The molecule has 0 saturated carbocycles. The fraction of sp³-hybridized carbons (Fsp3) is 0.333. The Morgan fingerprint density at radius 2 is 1.52 bits per heavy atom. The highest BCUT2D eigenvalue weighted by Crippen LogP contribution is 2.46. The number of rotatable bonds is 3. The van der Waals surface area contributed by atoms with Gasteiger partial charge in [-0.2, -0.15) is 0 Å². The number of nitrogens with zero attached hydrogens (tertiary/aromatic N) is 1. The molecule has 0 radical (unpaired) electrons. The summed E-state index contributed by atoms with van der Waals surface area (Å²) in [6.07, 6.45) is 2.22. The molecule has 0 spiro atoms. The number of hydrogen-bond acceptors (Lipinski definition) is 0. The van der Waals surface area contributed by atoms with Crippen LogP contribution in [0, 0.1) is 12.3 Å². The number of benzene rings is 2. The second-order valence-corrected chi connectivity index (χ2v) is 8.16. The van der Waals surface area contributed by atoms with Crippen LogP contribution in [0.15, 0.2) is 54.6 Å². The highest BCUT2D eigenvalue weighted by Gasteiger charge is 2.35. The summed E-state index contributed by atoms with van der Waals surface area (Å²) in [5.41, 5.74) is 10.3. The summed E-state index contributed by atoms with van der Waals surface area (Å²) in [5.74, 6) is 0. The van der Waals surface area contributed by atoms with Gasteiger partial charge in [0.1, 0.15) is 0 Å². The maximum Gasteiger partial charge on any atom is 0.0280 e. The van der Waals surface area contributed by atoms with Gasteiger partial charge in [0.05, 0.1) is 0 Å². The Hall–Kier alpha value is -2.28. The van der Waals surface area contributed by atoms with Gasteiger partial charge in [-0.1, -0.05) is 80.9 Å². The van der Waals surface area contributed by atoms with E-state index < -0.39 is 0 Å². The maximum atomic E-state index is 2.61. The van der Waals surface area contributed by atoms with Crippen molar-refractivity contribution < 1.29 is 0 Å². The molecule has 1 aliphatic rings. The second-order valence-electron chi connectivity index (χ2n) is 8.16. The Morgan fingerprint density at radius 1 is 0.880 bits per heavy atom. The molecule has 1 aliphatic heterocycles. The summed E-state index contributed by atoms with van der Waals surface area (Å²) >= 11 is 0. The molecule has 0 N–H and O–H groups in total. The van der Waals surface area contributed by atoms with E-state index in [1.54, 1.807) is 0 Å². The highest BCUT2D eigenvalue weighted by molar-refractivity contribution is 5.88. The third-order valence-electron chi connectivity index (χ3n) is 5.45. The van der Waals surface area contributed by atoms with Crippen LogP contribution in [0.3, 0.4) is 0 Å². The monoisotopic (exact) mass is 329 g/mol. The molecule has 1 heteroatoms. The van der Waals surface area contributed by atoms with Crippen LogP contribution in [0.25, 0.3) is 22.3 Å². The lowest BCUT2D eigenvalue weighted by molar-refractivity contribution is 0.356. The van der Waals surface area contributed by atoms with E-state index in [4.69, 9.17) is 0 Å². The normalized spacial score (nSPS) is 15.4. The maximum absolute atomic E-state index is 2.61. The Morgan fingerprint density at radius 3 is 2.16 bits per heavy atom. The molecule has 0 aliphatic carbocycles. The summed E-state index contributed by atoms with van der Waals surface area (Å²) in [6.45, 7) is 10.3. The van der Waals surface area contributed by atoms with E-state index in [9.17, 15) is 0 Å². The SMILES string of the molecule is CCc1c(-c2ccc(C)cc2)c(-c2ccccc2)c2n1CC(C)(C)C2. The predicted molar refractivity (Wildman–Crippen MR) is 107 cm³/mol. The van der Waals surface area contributed by atoms with Crippen LogP contribution in [0.4, 0.5) is 0 Å². The number of aryl methyl sites for hydroxylation is 1. The summed E-state index contributed by atoms with van der Waals surface area (Å²) in [6, 6.07) is 20.0. The molecule has 2 aromatic carbocycles. The van der Waals surface area contributed by atoms with E-state index in [0.717, 1.165) is 19.4 Å². The number of hydrogen-bond donors (Lipinski definition) is 0. The lowest BCUT2D eigenvalue weighted by Gasteiger charge is -2.18. The quantitative estimate of drug-likeness (QED) is 0.533. The molecule has 0 amide bonds. The standard InChI is InChI=1S/C24H27N/c1-5-20-22(19-13-11-17(2)12-14-19)23(18-9-7-6-8-10-18)21-15-24(3,4)16-25(20)21/h6-14H,5,15-16H2,1-4H3. The van der Waals surface area contributed by atoms with Gasteiger partial charge in [0.2, 0.25) is 0 Å². The van der Waals surface area contributed by atoms with Crippen LogP contribution >= 0.6 is 0 Å².